The van der Waals surface area contributed by atoms with Crippen molar-refractivity contribution in [2.24, 2.45) is 5.92 Å². The highest BCUT2D eigenvalue weighted by Crippen LogP contribution is 2.18. The summed E-state index contributed by atoms with van der Waals surface area (Å²) < 4.78 is 0. The number of nitrogens with one attached hydrogen (secondary N) is 1. The Kier molecular flexibility index (Phi) is 4.57. The minimum Gasteiger partial charge on any atom is -0.342 e. The molecule has 1 fully saturated rings. The lowest BCUT2D eigenvalue weighted by Crippen LogP contribution is -2.43. The van der Waals surface area contributed by atoms with Gasteiger partial charge in [-0.2, -0.15) is 0 Å². The molecule has 17 heavy (non-hydrogen) atoms. The number of hydrogen-bond donors (Lipinski definition) is 1. The fourth-order valence-corrected chi connectivity index (χ4v) is 3.12. The van der Waals surface area contributed by atoms with Crippen LogP contribution in [0.1, 0.15) is 17.7 Å². The molecule has 3 nitrogen and oxygen atoms in total. The van der Waals surface area contributed by atoms with Gasteiger partial charge in [0.25, 0.3) is 0 Å². The number of hydrogen-bond acceptors (Lipinski definition) is 3. The molecule has 0 spiro atoms. The van der Waals surface area contributed by atoms with Crippen LogP contribution in [0, 0.1) is 5.92 Å². The normalized spacial score (nSPS) is 20.5. The van der Waals surface area contributed by atoms with Crippen LogP contribution in [0.2, 0.25) is 0 Å². The Hall–Kier alpha value is -0.870. The number of carbonyl (C=O) groups excluding carboxylic acids is 1. The lowest BCUT2D eigenvalue weighted by atomic mass is 9.98. The zero-order chi connectivity index (χ0) is 12.1. The van der Waals surface area contributed by atoms with Gasteiger partial charge in [-0.25, -0.2) is 0 Å². The Morgan fingerprint density at radius 3 is 3.24 bits per heavy atom. The third-order valence-electron chi connectivity index (χ3n) is 3.27. The number of nitrogens with zero attached hydrogens (tertiary/aromatic N) is 1. The number of rotatable bonds is 4. The molecule has 2 heterocycles. The summed E-state index contributed by atoms with van der Waals surface area (Å²) in [6.07, 6.45) is 2.95. The predicted octanol–water partition coefficient (Wildman–Crippen LogP) is 1.75. The Morgan fingerprint density at radius 2 is 2.53 bits per heavy atom. The standard InChI is InChI=1S/C13H20N2OS/c1-14-9-11-4-2-6-15(10-11)13(16)8-12-5-3-7-17-12/h3,5,7,11,14H,2,4,6,8-10H2,1H3. The van der Waals surface area contributed by atoms with Crippen molar-refractivity contribution >= 4 is 17.2 Å². The smallest absolute Gasteiger partial charge is 0.227 e. The Balaban J connectivity index is 1.86. The van der Waals surface area contributed by atoms with Gasteiger partial charge in [0.05, 0.1) is 6.42 Å². The minimum atomic E-state index is 0.285. The lowest BCUT2D eigenvalue weighted by Gasteiger charge is -2.32. The van der Waals surface area contributed by atoms with Gasteiger partial charge < -0.3 is 10.2 Å². The van der Waals surface area contributed by atoms with Crippen LogP contribution in [-0.4, -0.2) is 37.5 Å². The second kappa shape index (κ2) is 6.17. The van der Waals surface area contributed by atoms with Crippen LogP contribution in [0.5, 0.6) is 0 Å². The van der Waals surface area contributed by atoms with E-state index in [4.69, 9.17) is 0 Å². The highest BCUT2D eigenvalue weighted by molar-refractivity contribution is 7.10. The van der Waals surface area contributed by atoms with Gasteiger partial charge >= 0.3 is 0 Å². The molecule has 0 aromatic carbocycles. The monoisotopic (exact) mass is 252 g/mol. The quantitative estimate of drug-likeness (QED) is 0.885. The summed E-state index contributed by atoms with van der Waals surface area (Å²) in [4.78, 5) is 15.3. The third kappa shape index (κ3) is 3.54. The van der Waals surface area contributed by atoms with Gasteiger partial charge in [-0.1, -0.05) is 6.07 Å². The number of likely N-dealkylation sites (tertiary alicyclic amines) is 1. The molecular formula is C13H20N2OS. The summed E-state index contributed by atoms with van der Waals surface area (Å²) in [5.41, 5.74) is 0. The van der Waals surface area contributed by atoms with Crippen LogP contribution in [0.3, 0.4) is 0 Å². The number of amides is 1. The summed E-state index contributed by atoms with van der Waals surface area (Å²) in [6, 6.07) is 4.05. The first kappa shape index (κ1) is 12.6. The molecule has 2 rings (SSSR count). The lowest BCUT2D eigenvalue weighted by molar-refractivity contribution is -0.132. The van der Waals surface area contributed by atoms with E-state index in [1.54, 1.807) is 11.3 Å². The zero-order valence-electron chi connectivity index (χ0n) is 10.3. The highest BCUT2D eigenvalue weighted by Gasteiger charge is 2.23. The molecule has 0 bridgehead atoms. The molecular weight excluding hydrogens is 232 g/mol. The van der Waals surface area contributed by atoms with Crippen molar-refractivity contribution in [3.05, 3.63) is 22.4 Å². The van der Waals surface area contributed by atoms with Crippen LogP contribution in [0.25, 0.3) is 0 Å². The van der Waals surface area contributed by atoms with Crippen LogP contribution < -0.4 is 5.32 Å². The summed E-state index contributed by atoms with van der Waals surface area (Å²) in [6.45, 7) is 2.87. The number of piperidine rings is 1. The van der Waals surface area contributed by atoms with Crippen LogP contribution in [-0.2, 0) is 11.2 Å². The average Bonchev–Trinajstić information content (AvgIpc) is 2.83. The first-order valence-electron chi connectivity index (χ1n) is 6.24. The third-order valence-corrected chi connectivity index (χ3v) is 4.15. The van der Waals surface area contributed by atoms with Gasteiger partial charge in [-0.15, -0.1) is 11.3 Å². The SMILES string of the molecule is CNCC1CCCN(C(=O)Cc2cccs2)C1. The van der Waals surface area contributed by atoms with Crippen LogP contribution in [0.15, 0.2) is 17.5 Å². The van der Waals surface area contributed by atoms with Crippen molar-refractivity contribution in [1.82, 2.24) is 10.2 Å². The molecule has 0 aliphatic carbocycles. The Labute approximate surface area is 107 Å². The Bertz CT molecular complexity index is 348. The van der Waals surface area contributed by atoms with E-state index in [0.717, 1.165) is 26.1 Å². The maximum atomic E-state index is 12.1. The highest BCUT2D eigenvalue weighted by atomic mass is 32.1. The fourth-order valence-electron chi connectivity index (χ4n) is 2.42. The molecule has 1 aromatic rings. The largest absolute Gasteiger partial charge is 0.342 e. The fraction of sp³-hybridized carbons (Fsp3) is 0.615. The molecule has 4 heteroatoms. The molecule has 1 aliphatic rings. The van der Waals surface area contributed by atoms with Crippen molar-refractivity contribution in [2.75, 3.05) is 26.7 Å². The molecule has 1 atom stereocenters. The topological polar surface area (TPSA) is 32.3 Å². The van der Waals surface area contributed by atoms with Crippen molar-refractivity contribution in [2.45, 2.75) is 19.3 Å². The number of thiophene rings is 1. The van der Waals surface area contributed by atoms with Crippen molar-refractivity contribution in [1.29, 1.82) is 0 Å². The van der Waals surface area contributed by atoms with Gasteiger partial charge in [0.2, 0.25) is 5.91 Å². The maximum absolute atomic E-state index is 12.1. The second-order valence-electron chi connectivity index (χ2n) is 4.66. The maximum Gasteiger partial charge on any atom is 0.227 e. The van der Waals surface area contributed by atoms with Gasteiger partial charge in [0.1, 0.15) is 0 Å². The second-order valence-corrected chi connectivity index (χ2v) is 5.69. The molecule has 1 aromatic heterocycles. The summed E-state index contributed by atoms with van der Waals surface area (Å²) >= 11 is 1.67. The molecule has 1 aliphatic heterocycles. The molecule has 94 valence electrons. The van der Waals surface area contributed by atoms with Crippen molar-refractivity contribution < 1.29 is 4.79 Å². The summed E-state index contributed by atoms with van der Waals surface area (Å²) in [7, 11) is 1.98. The summed E-state index contributed by atoms with van der Waals surface area (Å²) in [5.74, 6) is 0.911. The zero-order valence-corrected chi connectivity index (χ0v) is 11.1. The van der Waals surface area contributed by atoms with Crippen LogP contribution in [0.4, 0.5) is 0 Å². The van der Waals surface area contributed by atoms with Crippen molar-refractivity contribution in [3.8, 4) is 0 Å². The molecule has 1 N–H and O–H groups in total. The van der Waals surface area contributed by atoms with Gasteiger partial charge in [0, 0.05) is 18.0 Å². The van der Waals surface area contributed by atoms with E-state index in [9.17, 15) is 4.79 Å². The van der Waals surface area contributed by atoms with E-state index >= 15 is 0 Å². The minimum absolute atomic E-state index is 0.285. The van der Waals surface area contributed by atoms with Crippen LogP contribution >= 0.6 is 11.3 Å². The van der Waals surface area contributed by atoms with E-state index in [0.29, 0.717) is 12.3 Å². The average molecular weight is 252 g/mol. The van der Waals surface area contributed by atoms with E-state index < -0.39 is 0 Å². The number of carbonyl (C=O) groups is 1. The van der Waals surface area contributed by atoms with E-state index in [1.807, 2.05) is 29.5 Å². The first-order valence-corrected chi connectivity index (χ1v) is 7.12. The molecule has 1 saturated heterocycles. The molecule has 0 radical (unpaired) electrons. The molecule has 0 saturated carbocycles. The molecule has 1 amide bonds. The van der Waals surface area contributed by atoms with E-state index in [-0.39, 0.29) is 5.91 Å². The van der Waals surface area contributed by atoms with Crippen molar-refractivity contribution in [3.63, 3.8) is 0 Å². The van der Waals surface area contributed by atoms with Gasteiger partial charge in [-0.05, 0) is 43.8 Å². The predicted molar refractivity (Wildman–Crippen MR) is 71.3 cm³/mol. The van der Waals surface area contributed by atoms with E-state index in [1.165, 1.54) is 11.3 Å². The van der Waals surface area contributed by atoms with E-state index in [2.05, 4.69) is 5.32 Å². The van der Waals surface area contributed by atoms with Gasteiger partial charge in [-0.3, -0.25) is 4.79 Å². The first-order chi connectivity index (χ1) is 8.29. The Morgan fingerprint density at radius 1 is 1.65 bits per heavy atom. The van der Waals surface area contributed by atoms with Gasteiger partial charge in [0.15, 0.2) is 0 Å². The molecule has 1 unspecified atom stereocenters. The summed E-state index contributed by atoms with van der Waals surface area (Å²) in [5, 5.41) is 5.24.